The van der Waals surface area contributed by atoms with Gasteiger partial charge in [-0.1, -0.05) is 6.92 Å². The van der Waals surface area contributed by atoms with Gasteiger partial charge < -0.3 is 10.6 Å². The van der Waals surface area contributed by atoms with E-state index in [0.717, 1.165) is 19.6 Å². The van der Waals surface area contributed by atoms with Crippen LogP contribution in [-0.2, 0) is 4.79 Å². The largest absolute Gasteiger partial charge is 0.339 e. The molecule has 1 aliphatic rings. The molecule has 1 saturated heterocycles. The Balaban J connectivity index is 2.39. The molecule has 1 aliphatic heterocycles. The minimum atomic E-state index is 0.0807. The van der Waals surface area contributed by atoms with Crippen LogP contribution >= 0.6 is 0 Å². The third kappa shape index (κ3) is 2.97. The van der Waals surface area contributed by atoms with Crippen LogP contribution in [0.15, 0.2) is 0 Å². The Morgan fingerprint density at radius 3 is 2.69 bits per heavy atom. The fourth-order valence-corrected chi connectivity index (χ4v) is 1.57. The number of amides is 1. The lowest BCUT2D eigenvalue weighted by molar-refractivity contribution is -0.136. The molecule has 0 radical (unpaired) electrons. The number of rotatable bonds is 3. The molecule has 0 bridgehead atoms. The van der Waals surface area contributed by atoms with Gasteiger partial charge in [-0.25, -0.2) is 0 Å². The number of carbonyl (C=O) groups excluding carboxylic acids is 1. The van der Waals surface area contributed by atoms with Crippen LogP contribution in [-0.4, -0.2) is 54.5 Å². The second-order valence-corrected chi connectivity index (χ2v) is 3.69. The molecule has 1 amide bonds. The number of hydrogen-bond acceptors (Lipinski definition) is 3. The Hall–Kier alpha value is -0.610. The molecule has 0 spiro atoms. The van der Waals surface area contributed by atoms with Crippen LogP contribution in [0.3, 0.4) is 0 Å². The molecule has 76 valence electrons. The molecule has 4 nitrogen and oxygen atoms in total. The van der Waals surface area contributed by atoms with Gasteiger partial charge in [0.2, 0.25) is 5.91 Å². The van der Waals surface area contributed by atoms with Gasteiger partial charge in [-0.15, -0.1) is 0 Å². The van der Waals surface area contributed by atoms with Crippen molar-refractivity contribution in [2.75, 3.05) is 32.7 Å². The number of hydrogen-bond donors (Lipinski definition) is 1. The predicted octanol–water partition coefficient (Wildman–Crippen LogP) is -0.502. The van der Waals surface area contributed by atoms with Gasteiger partial charge in [-0.05, 0) is 13.5 Å². The highest BCUT2D eigenvalue weighted by atomic mass is 16.2. The van der Waals surface area contributed by atoms with Crippen LogP contribution in [0, 0.1) is 0 Å². The molecular weight excluding hydrogens is 166 g/mol. The van der Waals surface area contributed by atoms with E-state index in [2.05, 4.69) is 11.8 Å². The lowest BCUT2D eigenvalue weighted by atomic mass is 10.2. The summed E-state index contributed by atoms with van der Waals surface area (Å²) in [6.07, 6.45) is 0. The van der Waals surface area contributed by atoms with E-state index in [-0.39, 0.29) is 11.9 Å². The Labute approximate surface area is 79.7 Å². The third-order valence-electron chi connectivity index (χ3n) is 2.35. The average molecular weight is 185 g/mol. The molecule has 4 heteroatoms. The first-order valence-corrected chi connectivity index (χ1v) is 4.89. The molecule has 0 aromatic heterocycles. The van der Waals surface area contributed by atoms with Crippen molar-refractivity contribution in [3.8, 4) is 0 Å². The lowest BCUT2D eigenvalue weighted by Crippen LogP contribution is -2.52. The molecule has 1 atom stereocenters. The summed E-state index contributed by atoms with van der Waals surface area (Å²) in [7, 11) is 0. The fourth-order valence-electron chi connectivity index (χ4n) is 1.57. The molecule has 0 aromatic carbocycles. The van der Waals surface area contributed by atoms with Gasteiger partial charge in [0.05, 0.1) is 6.54 Å². The maximum absolute atomic E-state index is 11.5. The average Bonchev–Trinajstić information content (AvgIpc) is 2.08. The Morgan fingerprint density at radius 2 is 2.23 bits per heavy atom. The SMILES string of the molecule is CCN1CCN(CC(C)N)C(=O)C1. The molecule has 1 heterocycles. The van der Waals surface area contributed by atoms with E-state index in [0.29, 0.717) is 13.1 Å². The van der Waals surface area contributed by atoms with Crippen LogP contribution < -0.4 is 5.73 Å². The van der Waals surface area contributed by atoms with Gasteiger partial charge in [-0.3, -0.25) is 9.69 Å². The Bertz CT molecular complexity index is 182. The van der Waals surface area contributed by atoms with Crippen molar-refractivity contribution < 1.29 is 4.79 Å². The van der Waals surface area contributed by atoms with Crippen molar-refractivity contribution in [3.05, 3.63) is 0 Å². The maximum atomic E-state index is 11.5. The maximum Gasteiger partial charge on any atom is 0.236 e. The van der Waals surface area contributed by atoms with Crippen molar-refractivity contribution >= 4 is 5.91 Å². The van der Waals surface area contributed by atoms with Crippen LogP contribution in [0.5, 0.6) is 0 Å². The second-order valence-electron chi connectivity index (χ2n) is 3.69. The van der Waals surface area contributed by atoms with Crippen LogP contribution in [0.2, 0.25) is 0 Å². The normalized spacial score (nSPS) is 22.1. The zero-order chi connectivity index (χ0) is 9.84. The zero-order valence-corrected chi connectivity index (χ0v) is 8.49. The molecular formula is C9H19N3O. The van der Waals surface area contributed by atoms with Crippen LogP contribution in [0.4, 0.5) is 0 Å². The van der Waals surface area contributed by atoms with Gasteiger partial charge in [0, 0.05) is 25.7 Å². The van der Waals surface area contributed by atoms with Gasteiger partial charge in [0.1, 0.15) is 0 Å². The quantitative estimate of drug-likeness (QED) is 0.645. The predicted molar refractivity (Wildman–Crippen MR) is 52.3 cm³/mol. The second kappa shape index (κ2) is 4.58. The molecule has 13 heavy (non-hydrogen) atoms. The number of likely N-dealkylation sites (N-methyl/N-ethyl adjacent to an activating group) is 1. The van der Waals surface area contributed by atoms with Crippen molar-refractivity contribution in [2.45, 2.75) is 19.9 Å². The smallest absolute Gasteiger partial charge is 0.236 e. The van der Waals surface area contributed by atoms with Crippen LogP contribution in [0.1, 0.15) is 13.8 Å². The zero-order valence-electron chi connectivity index (χ0n) is 8.49. The lowest BCUT2D eigenvalue weighted by Gasteiger charge is -2.34. The molecule has 0 aromatic rings. The van der Waals surface area contributed by atoms with Gasteiger partial charge in [-0.2, -0.15) is 0 Å². The highest BCUT2D eigenvalue weighted by Crippen LogP contribution is 2.02. The van der Waals surface area contributed by atoms with Crippen molar-refractivity contribution in [2.24, 2.45) is 5.73 Å². The first-order valence-electron chi connectivity index (χ1n) is 4.89. The molecule has 1 fully saturated rings. The summed E-state index contributed by atoms with van der Waals surface area (Å²) in [5.74, 6) is 0.213. The van der Waals surface area contributed by atoms with Crippen molar-refractivity contribution in [3.63, 3.8) is 0 Å². The van der Waals surface area contributed by atoms with Gasteiger partial charge in [0.25, 0.3) is 0 Å². The minimum Gasteiger partial charge on any atom is -0.339 e. The summed E-state index contributed by atoms with van der Waals surface area (Å²) in [5.41, 5.74) is 5.65. The minimum absolute atomic E-state index is 0.0807. The molecule has 0 saturated carbocycles. The van der Waals surface area contributed by atoms with E-state index >= 15 is 0 Å². The number of nitrogens with two attached hydrogens (primary N) is 1. The van der Waals surface area contributed by atoms with E-state index in [1.165, 1.54) is 0 Å². The summed E-state index contributed by atoms with van der Waals surface area (Å²) in [6, 6.07) is 0.0807. The van der Waals surface area contributed by atoms with Gasteiger partial charge in [0.15, 0.2) is 0 Å². The summed E-state index contributed by atoms with van der Waals surface area (Å²) >= 11 is 0. The third-order valence-corrected chi connectivity index (χ3v) is 2.35. The topological polar surface area (TPSA) is 49.6 Å². The standard InChI is InChI=1S/C9H19N3O/c1-3-11-4-5-12(6-8(2)10)9(13)7-11/h8H,3-7,10H2,1-2H3. The van der Waals surface area contributed by atoms with Crippen molar-refractivity contribution in [1.82, 2.24) is 9.80 Å². The number of piperazine rings is 1. The molecule has 2 N–H and O–H groups in total. The van der Waals surface area contributed by atoms with Gasteiger partial charge >= 0.3 is 0 Å². The molecule has 1 unspecified atom stereocenters. The summed E-state index contributed by atoms with van der Waals surface area (Å²) in [5, 5.41) is 0. The van der Waals surface area contributed by atoms with E-state index < -0.39 is 0 Å². The Morgan fingerprint density at radius 1 is 1.54 bits per heavy atom. The number of nitrogens with zero attached hydrogens (tertiary/aromatic N) is 2. The Kier molecular flexibility index (Phi) is 3.69. The summed E-state index contributed by atoms with van der Waals surface area (Å²) in [6.45, 7) is 8.02. The monoisotopic (exact) mass is 185 g/mol. The van der Waals surface area contributed by atoms with E-state index in [4.69, 9.17) is 5.73 Å². The molecule has 0 aliphatic carbocycles. The van der Waals surface area contributed by atoms with E-state index in [1.807, 2.05) is 11.8 Å². The molecule has 1 rings (SSSR count). The number of carbonyl (C=O) groups is 1. The van der Waals surface area contributed by atoms with Crippen molar-refractivity contribution in [1.29, 1.82) is 0 Å². The first-order chi connectivity index (χ1) is 6.13. The summed E-state index contributed by atoms with van der Waals surface area (Å²) < 4.78 is 0. The first kappa shape index (κ1) is 10.5. The van der Waals surface area contributed by atoms with Crippen LogP contribution in [0.25, 0.3) is 0 Å². The highest BCUT2D eigenvalue weighted by Gasteiger charge is 2.22. The fraction of sp³-hybridized carbons (Fsp3) is 0.889. The van der Waals surface area contributed by atoms with E-state index in [9.17, 15) is 4.79 Å². The summed E-state index contributed by atoms with van der Waals surface area (Å²) in [4.78, 5) is 15.5. The van der Waals surface area contributed by atoms with E-state index in [1.54, 1.807) is 0 Å². The highest BCUT2D eigenvalue weighted by molar-refractivity contribution is 5.79.